The number of H-pyrrole nitrogens is 1. The Labute approximate surface area is 93.2 Å². The molecule has 3 nitrogen and oxygen atoms in total. The molecule has 0 aliphatic rings. The Hall–Kier alpha value is -2.52. The molecule has 0 unspecified atom stereocenters. The quantitative estimate of drug-likeness (QED) is 0.730. The predicted octanol–water partition coefficient (Wildman–Crippen LogP) is 2.91. The molecule has 0 bridgehead atoms. The summed E-state index contributed by atoms with van der Waals surface area (Å²) in [5.41, 5.74) is 3.14. The van der Waals surface area contributed by atoms with Gasteiger partial charge in [0.2, 0.25) is 0 Å². The van der Waals surface area contributed by atoms with Gasteiger partial charge in [0.05, 0.1) is 0 Å². The van der Waals surface area contributed by atoms with Gasteiger partial charge in [0.25, 0.3) is 0 Å². The highest BCUT2D eigenvalue weighted by Crippen LogP contribution is 2.21. The summed E-state index contributed by atoms with van der Waals surface area (Å²) in [5, 5.41) is 18.4. The van der Waals surface area contributed by atoms with E-state index in [0.717, 1.165) is 22.0 Å². The first-order valence-corrected chi connectivity index (χ1v) is 4.84. The van der Waals surface area contributed by atoms with Gasteiger partial charge in [-0.05, 0) is 25.1 Å². The number of rotatable bonds is 1. The first kappa shape index (κ1) is 10.0. The standard InChI is InChI=1S/C13H9N3/c1-9-2-3-13-12(4-9)11(8-16-13)5-10(6-14)7-15/h2-5,8,16H,1H3. The third-order valence-corrected chi connectivity index (χ3v) is 2.41. The maximum Gasteiger partial charge on any atom is 0.130 e. The van der Waals surface area contributed by atoms with E-state index in [0.29, 0.717) is 0 Å². The molecule has 0 spiro atoms. The first-order chi connectivity index (χ1) is 7.74. The van der Waals surface area contributed by atoms with Gasteiger partial charge in [-0.1, -0.05) is 11.6 Å². The Morgan fingerprint density at radius 3 is 2.75 bits per heavy atom. The Balaban J connectivity index is 2.64. The smallest absolute Gasteiger partial charge is 0.130 e. The van der Waals surface area contributed by atoms with E-state index >= 15 is 0 Å². The van der Waals surface area contributed by atoms with Gasteiger partial charge in [0.1, 0.15) is 17.7 Å². The Kier molecular flexibility index (Phi) is 2.45. The van der Waals surface area contributed by atoms with Crippen LogP contribution >= 0.6 is 0 Å². The van der Waals surface area contributed by atoms with Gasteiger partial charge in [0.15, 0.2) is 0 Å². The second-order valence-electron chi connectivity index (χ2n) is 3.57. The number of aryl methyl sites for hydroxylation is 1. The summed E-state index contributed by atoms with van der Waals surface area (Å²) in [6.45, 7) is 2.01. The largest absolute Gasteiger partial charge is 0.361 e. The van der Waals surface area contributed by atoms with Gasteiger partial charge >= 0.3 is 0 Å². The number of aromatic nitrogens is 1. The number of allylic oxidation sites excluding steroid dienone is 1. The molecular weight excluding hydrogens is 198 g/mol. The zero-order valence-corrected chi connectivity index (χ0v) is 8.78. The minimum absolute atomic E-state index is 0.113. The Morgan fingerprint density at radius 1 is 1.31 bits per heavy atom. The SMILES string of the molecule is Cc1ccc2[nH]cc(C=C(C#N)C#N)c2c1. The Bertz CT molecular complexity index is 632. The summed E-state index contributed by atoms with van der Waals surface area (Å²) in [7, 11) is 0. The van der Waals surface area contributed by atoms with Crippen LogP contribution in [0, 0.1) is 29.6 Å². The van der Waals surface area contributed by atoms with Crippen molar-refractivity contribution in [2.24, 2.45) is 0 Å². The summed E-state index contributed by atoms with van der Waals surface area (Å²) in [6.07, 6.45) is 3.40. The summed E-state index contributed by atoms with van der Waals surface area (Å²) in [6, 6.07) is 9.74. The van der Waals surface area contributed by atoms with E-state index in [1.807, 2.05) is 37.3 Å². The maximum atomic E-state index is 8.70. The van der Waals surface area contributed by atoms with Crippen LogP contribution in [0.1, 0.15) is 11.1 Å². The second kappa shape index (κ2) is 3.92. The zero-order valence-electron chi connectivity index (χ0n) is 8.78. The van der Waals surface area contributed by atoms with Crippen molar-refractivity contribution >= 4 is 17.0 Å². The average molecular weight is 207 g/mol. The number of aromatic amines is 1. The lowest BCUT2D eigenvalue weighted by atomic mass is 10.1. The molecule has 3 heteroatoms. The number of nitrogens with one attached hydrogen (secondary N) is 1. The van der Waals surface area contributed by atoms with Crippen LogP contribution in [0.4, 0.5) is 0 Å². The summed E-state index contributed by atoms with van der Waals surface area (Å²) < 4.78 is 0. The lowest BCUT2D eigenvalue weighted by Crippen LogP contribution is -1.75. The van der Waals surface area contributed by atoms with Gasteiger partial charge < -0.3 is 4.98 Å². The van der Waals surface area contributed by atoms with Crippen molar-refractivity contribution in [2.45, 2.75) is 6.92 Å². The van der Waals surface area contributed by atoms with Gasteiger partial charge in [-0.2, -0.15) is 10.5 Å². The fourth-order valence-corrected chi connectivity index (χ4v) is 1.62. The molecule has 1 aromatic carbocycles. The molecule has 0 fully saturated rings. The van der Waals surface area contributed by atoms with Crippen molar-refractivity contribution in [3.63, 3.8) is 0 Å². The molecule has 0 aliphatic carbocycles. The average Bonchev–Trinajstić information content (AvgIpc) is 2.68. The number of benzene rings is 1. The van der Waals surface area contributed by atoms with Crippen LogP contribution in [0.25, 0.3) is 17.0 Å². The van der Waals surface area contributed by atoms with Gasteiger partial charge in [-0.25, -0.2) is 0 Å². The van der Waals surface area contributed by atoms with Crippen LogP contribution in [0.2, 0.25) is 0 Å². The van der Waals surface area contributed by atoms with Crippen molar-refractivity contribution in [1.29, 1.82) is 10.5 Å². The first-order valence-electron chi connectivity index (χ1n) is 4.84. The molecule has 1 aromatic heterocycles. The van der Waals surface area contributed by atoms with E-state index in [1.165, 1.54) is 0 Å². The van der Waals surface area contributed by atoms with Crippen molar-refractivity contribution in [3.8, 4) is 12.1 Å². The normalized spacial score (nSPS) is 9.44. The lowest BCUT2D eigenvalue weighted by Gasteiger charge is -1.94. The van der Waals surface area contributed by atoms with E-state index in [2.05, 4.69) is 4.98 Å². The number of fused-ring (bicyclic) bond motifs is 1. The number of nitriles is 2. The van der Waals surface area contributed by atoms with E-state index in [9.17, 15) is 0 Å². The minimum Gasteiger partial charge on any atom is -0.361 e. The summed E-state index contributed by atoms with van der Waals surface area (Å²) in [5.74, 6) is 0. The monoisotopic (exact) mass is 207 g/mol. The van der Waals surface area contributed by atoms with E-state index in [1.54, 1.807) is 12.3 Å². The molecule has 0 amide bonds. The fourth-order valence-electron chi connectivity index (χ4n) is 1.62. The van der Waals surface area contributed by atoms with Crippen LogP contribution in [-0.4, -0.2) is 4.98 Å². The Morgan fingerprint density at radius 2 is 2.06 bits per heavy atom. The van der Waals surface area contributed by atoms with Crippen molar-refractivity contribution in [1.82, 2.24) is 4.98 Å². The van der Waals surface area contributed by atoms with Crippen LogP contribution in [0.3, 0.4) is 0 Å². The van der Waals surface area contributed by atoms with Crippen LogP contribution in [0.5, 0.6) is 0 Å². The predicted molar refractivity (Wildman–Crippen MR) is 62.2 cm³/mol. The minimum atomic E-state index is 0.113. The van der Waals surface area contributed by atoms with Gasteiger partial charge in [-0.3, -0.25) is 0 Å². The molecule has 0 radical (unpaired) electrons. The lowest BCUT2D eigenvalue weighted by molar-refractivity contribution is 1.45. The zero-order chi connectivity index (χ0) is 11.5. The molecular formula is C13H9N3. The number of nitrogens with zero attached hydrogens (tertiary/aromatic N) is 2. The highest BCUT2D eigenvalue weighted by atomic mass is 14.7. The van der Waals surface area contributed by atoms with Crippen LogP contribution in [-0.2, 0) is 0 Å². The number of hydrogen-bond donors (Lipinski definition) is 1. The molecule has 0 saturated heterocycles. The van der Waals surface area contributed by atoms with E-state index < -0.39 is 0 Å². The molecule has 2 aromatic rings. The molecule has 16 heavy (non-hydrogen) atoms. The van der Waals surface area contributed by atoms with E-state index in [-0.39, 0.29) is 5.57 Å². The van der Waals surface area contributed by atoms with Crippen LogP contribution in [0.15, 0.2) is 30.0 Å². The van der Waals surface area contributed by atoms with E-state index in [4.69, 9.17) is 10.5 Å². The third kappa shape index (κ3) is 1.67. The molecule has 2 rings (SSSR count). The van der Waals surface area contributed by atoms with Crippen molar-refractivity contribution in [2.75, 3.05) is 0 Å². The topological polar surface area (TPSA) is 63.4 Å². The molecule has 1 heterocycles. The molecule has 0 atom stereocenters. The van der Waals surface area contributed by atoms with Crippen LogP contribution < -0.4 is 0 Å². The molecule has 0 saturated carbocycles. The highest BCUT2D eigenvalue weighted by molar-refractivity contribution is 5.90. The maximum absolute atomic E-state index is 8.70. The summed E-state index contributed by atoms with van der Waals surface area (Å²) >= 11 is 0. The van der Waals surface area contributed by atoms with Gasteiger partial charge in [-0.15, -0.1) is 0 Å². The second-order valence-corrected chi connectivity index (χ2v) is 3.57. The molecule has 0 aliphatic heterocycles. The van der Waals surface area contributed by atoms with Crippen molar-refractivity contribution < 1.29 is 0 Å². The molecule has 1 N–H and O–H groups in total. The number of hydrogen-bond acceptors (Lipinski definition) is 2. The van der Waals surface area contributed by atoms with Crippen molar-refractivity contribution in [3.05, 3.63) is 41.1 Å². The fraction of sp³-hybridized carbons (Fsp3) is 0.0769. The summed E-state index contributed by atoms with van der Waals surface area (Å²) in [4.78, 5) is 3.11. The third-order valence-electron chi connectivity index (χ3n) is 2.41. The highest BCUT2D eigenvalue weighted by Gasteiger charge is 2.02. The van der Waals surface area contributed by atoms with Gasteiger partial charge in [0, 0.05) is 22.7 Å². The molecule has 76 valence electrons.